The van der Waals surface area contributed by atoms with Gasteiger partial charge in [-0.25, -0.2) is 0 Å². The Morgan fingerprint density at radius 1 is 1.47 bits per heavy atom. The number of hydrogen-bond acceptors (Lipinski definition) is 3. The maximum Gasteiger partial charge on any atom is 0.0741 e. The third kappa shape index (κ3) is 4.49. The van der Waals surface area contributed by atoms with E-state index in [1.165, 1.54) is 25.8 Å². The SMILES string of the molecule is CCC(C)(O)CNCC1CCCCN1C. The largest absolute Gasteiger partial charge is 0.389 e. The third-order valence-electron chi connectivity index (χ3n) is 3.57. The van der Waals surface area contributed by atoms with Crippen molar-refractivity contribution in [3.05, 3.63) is 0 Å². The fourth-order valence-corrected chi connectivity index (χ4v) is 2.04. The summed E-state index contributed by atoms with van der Waals surface area (Å²) >= 11 is 0. The first-order valence-electron chi connectivity index (χ1n) is 6.18. The average Bonchev–Trinajstić information content (AvgIpc) is 2.21. The van der Waals surface area contributed by atoms with Crippen LogP contribution in [0, 0.1) is 0 Å². The summed E-state index contributed by atoms with van der Waals surface area (Å²) in [6.45, 7) is 6.84. The van der Waals surface area contributed by atoms with Crippen molar-refractivity contribution >= 4 is 0 Å². The molecule has 1 heterocycles. The van der Waals surface area contributed by atoms with E-state index in [-0.39, 0.29) is 0 Å². The number of likely N-dealkylation sites (N-methyl/N-ethyl adjacent to an activating group) is 1. The van der Waals surface area contributed by atoms with Crippen LogP contribution >= 0.6 is 0 Å². The van der Waals surface area contributed by atoms with Gasteiger partial charge in [-0.3, -0.25) is 0 Å². The monoisotopic (exact) mass is 214 g/mol. The smallest absolute Gasteiger partial charge is 0.0741 e. The van der Waals surface area contributed by atoms with Gasteiger partial charge < -0.3 is 15.3 Å². The van der Waals surface area contributed by atoms with Gasteiger partial charge in [0.25, 0.3) is 0 Å². The van der Waals surface area contributed by atoms with Gasteiger partial charge in [-0.05, 0) is 39.8 Å². The molecular weight excluding hydrogens is 188 g/mol. The lowest BCUT2D eigenvalue weighted by Gasteiger charge is -2.33. The van der Waals surface area contributed by atoms with Crippen molar-refractivity contribution in [2.45, 2.75) is 51.2 Å². The summed E-state index contributed by atoms with van der Waals surface area (Å²) in [5, 5.41) is 13.2. The van der Waals surface area contributed by atoms with Crippen LogP contribution in [0.15, 0.2) is 0 Å². The van der Waals surface area contributed by atoms with Gasteiger partial charge in [0.05, 0.1) is 5.60 Å². The van der Waals surface area contributed by atoms with Gasteiger partial charge in [0, 0.05) is 19.1 Å². The van der Waals surface area contributed by atoms with E-state index in [2.05, 4.69) is 17.3 Å². The molecule has 2 unspecified atom stereocenters. The van der Waals surface area contributed by atoms with Crippen molar-refractivity contribution < 1.29 is 5.11 Å². The van der Waals surface area contributed by atoms with Crippen LogP contribution in [0.5, 0.6) is 0 Å². The summed E-state index contributed by atoms with van der Waals surface area (Å²) in [5.41, 5.74) is -0.548. The molecule has 1 saturated heterocycles. The molecule has 1 fully saturated rings. The van der Waals surface area contributed by atoms with Gasteiger partial charge in [0.15, 0.2) is 0 Å². The molecule has 1 aliphatic heterocycles. The zero-order valence-electron chi connectivity index (χ0n) is 10.4. The molecule has 3 heteroatoms. The fourth-order valence-electron chi connectivity index (χ4n) is 2.04. The summed E-state index contributed by atoms with van der Waals surface area (Å²) in [6.07, 6.45) is 4.78. The first-order valence-corrected chi connectivity index (χ1v) is 6.18. The first kappa shape index (κ1) is 12.9. The van der Waals surface area contributed by atoms with Crippen molar-refractivity contribution in [1.82, 2.24) is 10.2 Å². The molecule has 0 radical (unpaired) electrons. The molecule has 0 aliphatic carbocycles. The van der Waals surface area contributed by atoms with Gasteiger partial charge in [0.1, 0.15) is 0 Å². The molecule has 2 N–H and O–H groups in total. The number of nitrogens with zero attached hydrogens (tertiary/aromatic N) is 1. The normalized spacial score (nSPS) is 27.6. The van der Waals surface area contributed by atoms with Crippen LogP contribution in [0.4, 0.5) is 0 Å². The Morgan fingerprint density at radius 3 is 2.80 bits per heavy atom. The van der Waals surface area contributed by atoms with Crippen LogP contribution < -0.4 is 5.32 Å². The molecule has 0 saturated carbocycles. The van der Waals surface area contributed by atoms with E-state index < -0.39 is 5.60 Å². The molecule has 0 aromatic heterocycles. The standard InChI is InChI=1S/C12H26N2O/c1-4-12(2,15)10-13-9-11-7-5-6-8-14(11)3/h11,13,15H,4-10H2,1-3H3. The molecule has 0 amide bonds. The van der Waals surface area contributed by atoms with Crippen LogP contribution in [0.3, 0.4) is 0 Å². The van der Waals surface area contributed by atoms with E-state index in [4.69, 9.17) is 0 Å². The zero-order chi connectivity index (χ0) is 11.3. The molecule has 15 heavy (non-hydrogen) atoms. The number of hydrogen-bond donors (Lipinski definition) is 2. The van der Waals surface area contributed by atoms with Crippen molar-refractivity contribution in [3.8, 4) is 0 Å². The maximum absolute atomic E-state index is 9.84. The molecule has 0 spiro atoms. The quantitative estimate of drug-likeness (QED) is 0.722. The Hall–Kier alpha value is -0.120. The minimum absolute atomic E-state index is 0.548. The summed E-state index contributed by atoms with van der Waals surface area (Å²) in [7, 11) is 2.20. The molecule has 0 aromatic rings. The highest BCUT2D eigenvalue weighted by atomic mass is 16.3. The Morgan fingerprint density at radius 2 is 2.20 bits per heavy atom. The van der Waals surface area contributed by atoms with Crippen LogP contribution in [0.25, 0.3) is 0 Å². The second kappa shape index (κ2) is 5.83. The Kier molecular flexibility index (Phi) is 5.03. The highest BCUT2D eigenvalue weighted by molar-refractivity contribution is 4.79. The number of nitrogens with one attached hydrogen (secondary N) is 1. The second-order valence-corrected chi connectivity index (χ2v) is 5.11. The highest BCUT2D eigenvalue weighted by Gasteiger charge is 2.21. The molecule has 3 nitrogen and oxygen atoms in total. The van der Waals surface area contributed by atoms with E-state index in [1.807, 2.05) is 13.8 Å². The number of aliphatic hydroxyl groups is 1. The Balaban J connectivity index is 2.19. The molecule has 0 bridgehead atoms. The van der Waals surface area contributed by atoms with E-state index in [1.54, 1.807) is 0 Å². The van der Waals surface area contributed by atoms with E-state index in [0.717, 1.165) is 13.0 Å². The van der Waals surface area contributed by atoms with Crippen molar-refractivity contribution in [3.63, 3.8) is 0 Å². The topological polar surface area (TPSA) is 35.5 Å². The van der Waals surface area contributed by atoms with E-state index >= 15 is 0 Å². The first-order chi connectivity index (χ1) is 7.05. The molecule has 90 valence electrons. The van der Waals surface area contributed by atoms with Crippen molar-refractivity contribution in [2.24, 2.45) is 0 Å². The third-order valence-corrected chi connectivity index (χ3v) is 3.57. The van der Waals surface area contributed by atoms with Crippen LogP contribution in [-0.4, -0.2) is 48.3 Å². The lowest BCUT2D eigenvalue weighted by molar-refractivity contribution is 0.0528. The Labute approximate surface area is 93.9 Å². The van der Waals surface area contributed by atoms with Gasteiger partial charge in [-0.15, -0.1) is 0 Å². The Bertz CT molecular complexity index is 182. The summed E-state index contributed by atoms with van der Waals surface area (Å²) < 4.78 is 0. The van der Waals surface area contributed by atoms with Gasteiger partial charge >= 0.3 is 0 Å². The van der Waals surface area contributed by atoms with Gasteiger partial charge in [0.2, 0.25) is 0 Å². The summed E-state index contributed by atoms with van der Waals surface area (Å²) in [6, 6.07) is 0.659. The van der Waals surface area contributed by atoms with Gasteiger partial charge in [-0.2, -0.15) is 0 Å². The minimum Gasteiger partial charge on any atom is -0.389 e. The van der Waals surface area contributed by atoms with Crippen molar-refractivity contribution in [1.29, 1.82) is 0 Å². The zero-order valence-corrected chi connectivity index (χ0v) is 10.4. The second-order valence-electron chi connectivity index (χ2n) is 5.11. The molecule has 1 rings (SSSR count). The predicted octanol–water partition coefficient (Wildman–Crippen LogP) is 1.22. The molecular formula is C12H26N2O. The number of rotatable bonds is 5. The average molecular weight is 214 g/mol. The highest BCUT2D eigenvalue weighted by Crippen LogP contribution is 2.14. The van der Waals surface area contributed by atoms with E-state index in [9.17, 15) is 5.11 Å². The number of likely N-dealkylation sites (tertiary alicyclic amines) is 1. The predicted molar refractivity (Wildman–Crippen MR) is 64.1 cm³/mol. The lowest BCUT2D eigenvalue weighted by atomic mass is 10.0. The minimum atomic E-state index is -0.548. The van der Waals surface area contributed by atoms with Gasteiger partial charge in [-0.1, -0.05) is 13.3 Å². The molecule has 0 aromatic carbocycles. The lowest BCUT2D eigenvalue weighted by Crippen LogP contribution is -2.46. The number of piperidine rings is 1. The molecule has 1 aliphatic rings. The van der Waals surface area contributed by atoms with Crippen LogP contribution in [-0.2, 0) is 0 Å². The summed E-state index contributed by atoms with van der Waals surface area (Å²) in [5.74, 6) is 0. The van der Waals surface area contributed by atoms with E-state index in [0.29, 0.717) is 12.6 Å². The van der Waals surface area contributed by atoms with Crippen LogP contribution in [0.1, 0.15) is 39.5 Å². The molecule has 2 atom stereocenters. The van der Waals surface area contributed by atoms with Crippen LogP contribution in [0.2, 0.25) is 0 Å². The summed E-state index contributed by atoms with van der Waals surface area (Å²) in [4.78, 5) is 2.43. The maximum atomic E-state index is 9.84. The fraction of sp³-hybridized carbons (Fsp3) is 1.00. The van der Waals surface area contributed by atoms with Crippen molar-refractivity contribution in [2.75, 3.05) is 26.7 Å².